The van der Waals surface area contributed by atoms with Crippen LogP contribution in [0.1, 0.15) is 220 Å². The molecule has 1 saturated heterocycles. The van der Waals surface area contributed by atoms with E-state index in [1.165, 1.54) is 154 Å². The van der Waals surface area contributed by atoms with Gasteiger partial charge in [-0.15, -0.1) is 0 Å². The van der Waals surface area contributed by atoms with Crippen LogP contribution in [0.2, 0.25) is 0 Å². The lowest BCUT2D eigenvalue weighted by atomic mass is 9.99. The molecular weight excluding hydrogens is 707 g/mol. The lowest BCUT2D eigenvalue weighted by Gasteiger charge is -2.40. The fraction of sp³-hybridized carbons (Fsp3) is 0.936. The third-order valence-corrected chi connectivity index (χ3v) is 11.5. The summed E-state index contributed by atoms with van der Waals surface area (Å²) in [5.74, 6) is 0.618. The second-order valence-corrected chi connectivity index (χ2v) is 17.4. The Hall–Kier alpha value is -1.07. The number of allylic oxidation sites excluding steroid dienone is 1. The Morgan fingerprint density at radius 1 is 0.643 bits per heavy atom. The maximum Gasteiger partial charge on any atom is 0.220 e. The Labute approximate surface area is 344 Å². The molecule has 0 unspecified atom stereocenters. The molecule has 0 aromatic carbocycles. The summed E-state index contributed by atoms with van der Waals surface area (Å²) in [6, 6.07) is -0.799. The van der Waals surface area contributed by atoms with E-state index < -0.39 is 49.5 Å². The Morgan fingerprint density at radius 2 is 1.09 bits per heavy atom. The summed E-state index contributed by atoms with van der Waals surface area (Å²) in [4.78, 5) is 13.0. The van der Waals surface area contributed by atoms with Crippen molar-refractivity contribution in [2.75, 3.05) is 13.2 Å². The molecule has 0 aromatic heterocycles. The highest BCUT2D eigenvalue weighted by atomic mass is 16.7. The molecular formula is C47H91NO8. The molecule has 332 valence electrons. The molecule has 1 rings (SSSR count). The largest absolute Gasteiger partial charge is 0.394 e. The summed E-state index contributed by atoms with van der Waals surface area (Å²) < 4.78 is 11.2. The summed E-state index contributed by atoms with van der Waals surface area (Å²) in [6.45, 7) is 6.10. The normalized spacial score (nSPS) is 21.3. The van der Waals surface area contributed by atoms with Crippen LogP contribution in [0.5, 0.6) is 0 Å². The van der Waals surface area contributed by atoms with Gasteiger partial charge in [0.05, 0.1) is 25.4 Å². The zero-order valence-electron chi connectivity index (χ0n) is 36.6. The zero-order chi connectivity index (χ0) is 41.1. The zero-order valence-corrected chi connectivity index (χ0v) is 36.6. The second-order valence-electron chi connectivity index (χ2n) is 17.4. The van der Waals surface area contributed by atoms with Gasteiger partial charge >= 0.3 is 0 Å². The van der Waals surface area contributed by atoms with Crippen LogP contribution in [0.25, 0.3) is 0 Å². The predicted octanol–water partition coefficient (Wildman–Crippen LogP) is 9.97. The van der Waals surface area contributed by atoms with Gasteiger partial charge in [0.2, 0.25) is 5.91 Å². The fourth-order valence-electron chi connectivity index (χ4n) is 7.69. The van der Waals surface area contributed by atoms with Crippen molar-refractivity contribution < 1.29 is 39.8 Å². The van der Waals surface area contributed by atoms with E-state index in [-0.39, 0.29) is 12.5 Å². The summed E-state index contributed by atoms with van der Waals surface area (Å²) >= 11 is 0. The van der Waals surface area contributed by atoms with E-state index in [0.29, 0.717) is 6.42 Å². The highest BCUT2D eigenvalue weighted by Gasteiger charge is 2.44. The number of rotatable bonds is 39. The van der Waals surface area contributed by atoms with Gasteiger partial charge in [-0.2, -0.15) is 0 Å². The van der Waals surface area contributed by atoms with Crippen LogP contribution in [0, 0.1) is 5.92 Å². The van der Waals surface area contributed by atoms with Crippen molar-refractivity contribution >= 4 is 5.91 Å². The molecule has 56 heavy (non-hydrogen) atoms. The van der Waals surface area contributed by atoms with Gasteiger partial charge in [-0.3, -0.25) is 4.79 Å². The Kier molecular flexibility index (Phi) is 35.0. The standard InChI is InChI=1S/C47H91NO8/c1-4-5-6-7-8-9-10-11-12-13-14-15-16-17-18-19-24-27-30-33-36-43(51)48-40(38-55-47-46(54)45(53)44(52)42(37-49)56-47)41(50)35-32-29-26-23-21-20-22-25-28-31-34-39(2)3/h32,35,39-42,44-47,49-50,52-54H,4-31,33-34,36-38H2,1-3H3,(H,48,51)/b35-32+/t40-,41+,42+,44+,45-,46+,47+/m0/s1. The molecule has 9 nitrogen and oxygen atoms in total. The first-order valence-electron chi connectivity index (χ1n) is 23.8. The summed E-state index contributed by atoms with van der Waals surface area (Å²) in [5, 5.41) is 54.2. The lowest BCUT2D eigenvalue weighted by Crippen LogP contribution is -2.60. The smallest absolute Gasteiger partial charge is 0.220 e. The van der Waals surface area contributed by atoms with Crippen molar-refractivity contribution in [3.8, 4) is 0 Å². The highest BCUT2D eigenvalue weighted by Crippen LogP contribution is 2.23. The van der Waals surface area contributed by atoms with Gasteiger partial charge < -0.3 is 40.3 Å². The second kappa shape index (κ2) is 37.0. The molecule has 1 fully saturated rings. The molecule has 0 saturated carbocycles. The molecule has 9 heteroatoms. The quantitative estimate of drug-likeness (QED) is 0.0266. The molecule has 6 N–H and O–H groups in total. The first-order valence-corrected chi connectivity index (χ1v) is 23.8. The topological polar surface area (TPSA) is 149 Å². The molecule has 1 aliphatic rings. The van der Waals surface area contributed by atoms with Crippen LogP contribution in [0.4, 0.5) is 0 Å². The number of carbonyl (C=O) groups is 1. The van der Waals surface area contributed by atoms with Gasteiger partial charge in [0.15, 0.2) is 6.29 Å². The highest BCUT2D eigenvalue weighted by molar-refractivity contribution is 5.76. The third kappa shape index (κ3) is 28.4. The maximum atomic E-state index is 13.0. The van der Waals surface area contributed by atoms with E-state index >= 15 is 0 Å². The van der Waals surface area contributed by atoms with Gasteiger partial charge in [0.25, 0.3) is 0 Å². The average molecular weight is 798 g/mol. The number of hydrogen-bond acceptors (Lipinski definition) is 8. The predicted molar refractivity (Wildman–Crippen MR) is 230 cm³/mol. The molecule has 0 spiro atoms. The number of ether oxygens (including phenoxy) is 2. The Balaban J connectivity index is 2.30. The molecule has 0 bridgehead atoms. The number of carbonyl (C=O) groups excluding carboxylic acids is 1. The van der Waals surface area contributed by atoms with Crippen molar-refractivity contribution in [1.29, 1.82) is 0 Å². The summed E-state index contributed by atoms with van der Waals surface area (Å²) in [7, 11) is 0. The van der Waals surface area contributed by atoms with E-state index in [4.69, 9.17) is 9.47 Å². The average Bonchev–Trinajstić information content (AvgIpc) is 3.18. The molecule has 7 atom stereocenters. The molecule has 1 amide bonds. The van der Waals surface area contributed by atoms with Gasteiger partial charge in [0.1, 0.15) is 24.4 Å². The monoisotopic (exact) mass is 798 g/mol. The van der Waals surface area contributed by atoms with Crippen LogP contribution in [-0.2, 0) is 14.3 Å². The van der Waals surface area contributed by atoms with Crippen molar-refractivity contribution in [3.05, 3.63) is 12.2 Å². The number of amides is 1. The SMILES string of the molecule is CCCCCCCCCCCCCCCCCCCCCCC(=O)N[C@@H](CO[C@@H]1O[C@H](CO)[C@@H](O)[C@H](O)[C@H]1O)[C@H](O)/C=C/CCCCCCCCCCC(C)C. The molecule has 1 heterocycles. The number of aliphatic hydroxyl groups is 5. The number of nitrogens with one attached hydrogen (secondary N) is 1. The molecule has 0 radical (unpaired) electrons. The third-order valence-electron chi connectivity index (χ3n) is 11.5. The van der Waals surface area contributed by atoms with Crippen molar-refractivity contribution in [1.82, 2.24) is 5.32 Å². The van der Waals surface area contributed by atoms with Crippen molar-refractivity contribution in [2.24, 2.45) is 5.92 Å². The van der Waals surface area contributed by atoms with Crippen LogP contribution in [0.3, 0.4) is 0 Å². The van der Waals surface area contributed by atoms with Crippen molar-refractivity contribution in [3.63, 3.8) is 0 Å². The van der Waals surface area contributed by atoms with E-state index in [9.17, 15) is 30.3 Å². The van der Waals surface area contributed by atoms with E-state index in [1.54, 1.807) is 6.08 Å². The van der Waals surface area contributed by atoms with E-state index in [2.05, 4.69) is 26.1 Å². The first-order chi connectivity index (χ1) is 27.2. The first kappa shape index (κ1) is 52.9. The summed E-state index contributed by atoms with van der Waals surface area (Å²) in [5.41, 5.74) is 0. The number of hydrogen-bond donors (Lipinski definition) is 6. The minimum absolute atomic E-state index is 0.175. The van der Waals surface area contributed by atoms with E-state index in [1.807, 2.05) is 6.08 Å². The van der Waals surface area contributed by atoms with Gasteiger partial charge in [-0.1, -0.05) is 206 Å². The Morgan fingerprint density at radius 3 is 1.55 bits per heavy atom. The van der Waals surface area contributed by atoms with Crippen LogP contribution in [0.15, 0.2) is 12.2 Å². The van der Waals surface area contributed by atoms with Gasteiger partial charge in [-0.05, 0) is 25.2 Å². The molecule has 0 aromatic rings. The fourth-order valence-corrected chi connectivity index (χ4v) is 7.69. The lowest BCUT2D eigenvalue weighted by molar-refractivity contribution is -0.302. The van der Waals surface area contributed by atoms with Crippen LogP contribution >= 0.6 is 0 Å². The maximum absolute atomic E-state index is 13.0. The molecule has 0 aliphatic carbocycles. The minimum atomic E-state index is -1.56. The minimum Gasteiger partial charge on any atom is -0.394 e. The van der Waals surface area contributed by atoms with Crippen molar-refractivity contribution in [2.45, 2.75) is 263 Å². The molecule has 1 aliphatic heterocycles. The Bertz CT molecular complexity index is 901. The van der Waals surface area contributed by atoms with Crippen LogP contribution in [-0.4, -0.2) is 87.5 Å². The number of aliphatic hydroxyl groups excluding tert-OH is 5. The summed E-state index contributed by atoms with van der Waals surface area (Å²) in [6.07, 6.45) is 34.1. The van der Waals surface area contributed by atoms with Gasteiger partial charge in [-0.25, -0.2) is 0 Å². The van der Waals surface area contributed by atoms with E-state index in [0.717, 1.165) is 44.4 Å². The number of unbranched alkanes of at least 4 members (excludes halogenated alkanes) is 27. The van der Waals surface area contributed by atoms with Crippen LogP contribution < -0.4 is 5.32 Å². The van der Waals surface area contributed by atoms with Gasteiger partial charge in [0, 0.05) is 6.42 Å².